The maximum Gasteiger partial charge on any atom is 0.255 e. The van der Waals surface area contributed by atoms with E-state index in [2.05, 4.69) is 15.3 Å². The van der Waals surface area contributed by atoms with Crippen LogP contribution in [0.25, 0.3) is 16.9 Å². The molecule has 1 N–H and O–H groups in total. The van der Waals surface area contributed by atoms with Gasteiger partial charge >= 0.3 is 0 Å². The van der Waals surface area contributed by atoms with E-state index >= 15 is 0 Å². The van der Waals surface area contributed by atoms with Crippen LogP contribution < -0.4 is 10.1 Å². The lowest BCUT2D eigenvalue weighted by Gasteiger charge is -2.06. The van der Waals surface area contributed by atoms with Crippen molar-refractivity contribution < 1.29 is 9.53 Å². The van der Waals surface area contributed by atoms with Crippen molar-refractivity contribution >= 4 is 17.2 Å². The van der Waals surface area contributed by atoms with Gasteiger partial charge in [-0.05, 0) is 48.5 Å². The summed E-state index contributed by atoms with van der Waals surface area (Å²) in [5.74, 6) is 0.531. The molecule has 128 valence electrons. The first kappa shape index (κ1) is 15.8. The molecule has 26 heavy (non-hydrogen) atoms. The Bertz CT molecular complexity index is 1060. The summed E-state index contributed by atoms with van der Waals surface area (Å²) < 4.78 is 6.99. The summed E-state index contributed by atoms with van der Waals surface area (Å²) in [7, 11) is 1.59. The fourth-order valence-corrected chi connectivity index (χ4v) is 2.66. The number of nitrogens with one attached hydrogen (secondary N) is 1. The zero-order valence-electron chi connectivity index (χ0n) is 14.1. The number of rotatable bonds is 4. The number of ether oxygens (including phenoxy) is 1. The molecule has 3 aromatic heterocycles. The van der Waals surface area contributed by atoms with Crippen LogP contribution >= 0.6 is 0 Å². The number of fused-ring (bicyclic) bond motifs is 1. The highest BCUT2D eigenvalue weighted by Gasteiger charge is 2.09. The molecular weight excluding hydrogens is 328 g/mol. The van der Waals surface area contributed by atoms with Crippen LogP contribution in [-0.2, 0) is 0 Å². The van der Waals surface area contributed by atoms with Gasteiger partial charge in [-0.1, -0.05) is 0 Å². The van der Waals surface area contributed by atoms with Crippen LogP contribution in [0.2, 0.25) is 0 Å². The Hall–Kier alpha value is -3.67. The monoisotopic (exact) mass is 344 g/mol. The molecule has 0 aliphatic rings. The van der Waals surface area contributed by atoms with Crippen LogP contribution in [0.4, 0.5) is 5.69 Å². The average molecular weight is 344 g/mol. The first-order valence-corrected chi connectivity index (χ1v) is 8.07. The molecule has 6 nitrogen and oxygen atoms in total. The Morgan fingerprint density at radius 2 is 1.92 bits per heavy atom. The zero-order chi connectivity index (χ0) is 17.9. The van der Waals surface area contributed by atoms with Crippen LogP contribution in [0, 0.1) is 0 Å². The molecule has 0 saturated heterocycles. The van der Waals surface area contributed by atoms with Crippen molar-refractivity contribution in [3.63, 3.8) is 0 Å². The molecule has 0 spiro atoms. The molecule has 0 aliphatic heterocycles. The number of carbonyl (C=O) groups is 1. The Morgan fingerprint density at radius 3 is 2.65 bits per heavy atom. The van der Waals surface area contributed by atoms with E-state index in [0.29, 0.717) is 17.0 Å². The summed E-state index contributed by atoms with van der Waals surface area (Å²) in [5.41, 5.74) is 3.82. The van der Waals surface area contributed by atoms with Crippen molar-refractivity contribution in [2.45, 2.75) is 0 Å². The molecule has 0 aliphatic carbocycles. The van der Waals surface area contributed by atoms with E-state index in [-0.39, 0.29) is 5.91 Å². The smallest absolute Gasteiger partial charge is 0.255 e. The largest absolute Gasteiger partial charge is 0.497 e. The van der Waals surface area contributed by atoms with E-state index in [4.69, 9.17) is 4.74 Å². The van der Waals surface area contributed by atoms with Crippen LogP contribution in [0.3, 0.4) is 0 Å². The predicted octanol–water partition coefficient (Wildman–Crippen LogP) is 3.66. The highest BCUT2D eigenvalue weighted by atomic mass is 16.5. The maximum absolute atomic E-state index is 12.4. The SMILES string of the molecule is COc1ccc(C(=O)Nc2ccc3nc(-c4cccnc4)cn3c2)cc1. The van der Waals surface area contributed by atoms with Gasteiger partial charge in [-0.25, -0.2) is 4.98 Å². The Balaban J connectivity index is 1.58. The van der Waals surface area contributed by atoms with Crippen molar-refractivity contribution in [1.29, 1.82) is 0 Å². The highest BCUT2D eigenvalue weighted by molar-refractivity contribution is 6.04. The number of hydrogen-bond acceptors (Lipinski definition) is 4. The average Bonchev–Trinajstić information content (AvgIpc) is 3.12. The second-order valence-corrected chi connectivity index (χ2v) is 5.73. The van der Waals surface area contributed by atoms with E-state index in [0.717, 1.165) is 16.9 Å². The molecule has 0 atom stereocenters. The summed E-state index contributed by atoms with van der Waals surface area (Å²) >= 11 is 0. The topological polar surface area (TPSA) is 68.5 Å². The lowest BCUT2D eigenvalue weighted by molar-refractivity contribution is 0.102. The third-order valence-electron chi connectivity index (χ3n) is 4.02. The number of hydrogen-bond donors (Lipinski definition) is 1. The molecule has 0 saturated carbocycles. The minimum absolute atomic E-state index is 0.181. The predicted molar refractivity (Wildman–Crippen MR) is 99.4 cm³/mol. The standard InChI is InChI=1S/C20H16N4O2/c1-26-17-7-4-14(5-8-17)20(25)22-16-6-9-19-23-18(13-24(19)12-16)15-3-2-10-21-11-15/h2-13H,1H3,(H,22,25). The van der Waals surface area contributed by atoms with Gasteiger partial charge in [0.05, 0.1) is 18.5 Å². The Kier molecular flexibility index (Phi) is 4.07. The molecule has 0 bridgehead atoms. The highest BCUT2D eigenvalue weighted by Crippen LogP contribution is 2.20. The van der Waals surface area contributed by atoms with Crippen molar-refractivity contribution in [3.8, 4) is 17.0 Å². The first-order chi connectivity index (χ1) is 12.7. The summed E-state index contributed by atoms with van der Waals surface area (Å²) in [6.07, 6.45) is 7.25. The number of carbonyl (C=O) groups excluding carboxylic acids is 1. The fourth-order valence-electron chi connectivity index (χ4n) is 2.66. The van der Waals surface area contributed by atoms with Gasteiger partial charge in [-0.3, -0.25) is 9.78 Å². The van der Waals surface area contributed by atoms with Gasteiger partial charge in [-0.2, -0.15) is 0 Å². The number of methoxy groups -OCH3 is 1. The number of amides is 1. The Labute approximate surface area is 150 Å². The number of aromatic nitrogens is 3. The van der Waals surface area contributed by atoms with Gasteiger partial charge in [0.1, 0.15) is 11.4 Å². The van der Waals surface area contributed by atoms with Gasteiger partial charge in [0.25, 0.3) is 5.91 Å². The summed E-state index contributed by atoms with van der Waals surface area (Å²) in [4.78, 5) is 21.1. The quantitative estimate of drug-likeness (QED) is 0.613. The van der Waals surface area contributed by atoms with E-state index in [1.165, 1.54) is 0 Å². The molecule has 1 aromatic carbocycles. The molecule has 4 aromatic rings. The number of pyridine rings is 2. The Morgan fingerprint density at radius 1 is 1.08 bits per heavy atom. The summed E-state index contributed by atoms with van der Waals surface area (Å²) in [6, 6.07) is 14.5. The van der Waals surface area contributed by atoms with Crippen LogP contribution in [0.15, 0.2) is 73.3 Å². The zero-order valence-corrected chi connectivity index (χ0v) is 14.1. The number of anilines is 1. The van der Waals surface area contributed by atoms with Gasteiger partial charge < -0.3 is 14.5 Å². The molecule has 0 unspecified atom stereocenters. The number of imidazole rings is 1. The second-order valence-electron chi connectivity index (χ2n) is 5.73. The molecule has 6 heteroatoms. The first-order valence-electron chi connectivity index (χ1n) is 8.07. The number of benzene rings is 1. The van der Waals surface area contributed by atoms with E-state index in [9.17, 15) is 4.79 Å². The lowest BCUT2D eigenvalue weighted by atomic mass is 10.2. The minimum Gasteiger partial charge on any atom is -0.497 e. The van der Waals surface area contributed by atoms with E-state index in [1.807, 2.05) is 41.1 Å². The van der Waals surface area contributed by atoms with Gasteiger partial charge in [0.2, 0.25) is 0 Å². The molecule has 0 fully saturated rings. The lowest BCUT2D eigenvalue weighted by Crippen LogP contribution is -2.12. The molecule has 0 radical (unpaired) electrons. The van der Waals surface area contributed by atoms with Crippen molar-refractivity contribution in [2.75, 3.05) is 12.4 Å². The summed E-state index contributed by atoms with van der Waals surface area (Å²) in [6.45, 7) is 0. The van der Waals surface area contributed by atoms with Crippen LogP contribution in [0.5, 0.6) is 5.75 Å². The molecule has 4 rings (SSSR count). The maximum atomic E-state index is 12.4. The van der Waals surface area contributed by atoms with E-state index in [1.54, 1.807) is 43.8 Å². The van der Waals surface area contributed by atoms with Gasteiger partial charge in [-0.15, -0.1) is 0 Å². The summed E-state index contributed by atoms with van der Waals surface area (Å²) in [5, 5.41) is 2.90. The molecular formula is C20H16N4O2. The number of nitrogens with zero attached hydrogens (tertiary/aromatic N) is 3. The molecule has 1 amide bonds. The second kappa shape index (κ2) is 6.68. The van der Waals surface area contributed by atoms with E-state index < -0.39 is 0 Å². The van der Waals surface area contributed by atoms with Crippen molar-refractivity contribution in [1.82, 2.24) is 14.4 Å². The minimum atomic E-state index is -0.181. The van der Waals surface area contributed by atoms with Crippen LogP contribution in [-0.4, -0.2) is 27.4 Å². The van der Waals surface area contributed by atoms with Gasteiger partial charge in [0.15, 0.2) is 0 Å². The normalized spacial score (nSPS) is 10.7. The third-order valence-corrected chi connectivity index (χ3v) is 4.02. The fraction of sp³-hybridized carbons (Fsp3) is 0.0500. The van der Waals surface area contributed by atoms with Crippen molar-refractivity contribution in [2.24, 2.45) is 0 Å². The molecule has 3 heterocycles. The van der Waals surface area contributed by atoms with Gasteiger partial charge in [0, 0.05) is 35.9 Å². The van der Waals surface area contributed by atoms with Crippen LogP contribution in [0.1, 0.15) is 10.4 Å². The van der Waals surface area contributed by atoms with Crippen molar-refractivity contribution in [3.05, 3.63) is 78.9 Å². The third kappa shape index (κ3) is 3.12.